The Bertz CT molecular complexity index is 1510. The fraction of sp³-hybridized carbons (Fsp3) is 0.276. The van der Waals surface area contributed by atoms with E-state index in [9.17, 15) is 13.2 Å². The van der Waals surface area contributed by atoms with E-state index in [1.165, 1.54) is 9.18 Å². The van der Waals surface area contributed by atoms with Crippen molar-refractivity contribution in [1.82, 2.24) is 9.21 Å². The maximum absolute atomic E-state index is 13.8. The topological polar surface area (TPSA) is 57.7 Å². The average molecular weight is 519 g/mol. The Labute approximate surface area is 217 Å². The standard InChI is InChI=1S/C29H30N2O3S2/c1-20(2)31(36(33,34)25-13-12-22-6-4-5-7-24(22)18-25)19-28(32)30-16-14-27-26(15-17-35-27)29(30)23-10-8-21(3)9-11-23/h4-13,15,17-18,20,29H,14,16,19H2,1-3H3. The highest BCUT2D eigenvalue weighted by atomic mass is 32.2. The summed E-state index contributed by atoms with van der Waals surface area (Å²) in [6.45, 7) is 6.04. The molecule has 2 heterocycles. The first-order valence-corrected chi connectivity index (χ1v) is 14.5. The molecule has 1 aliphatic heterocycles. The van der Waals surface area contributed by atoms with Crippen molar-refractivity contribution in [2.75, 3.05) is 13.1 Å². The molecule has 1 unspecified atom stereocenters. The Kier molecular flexibility index (Phi) is 6.72. The highest BCUT2D eigenvalue weighted by Gasteiger charge is 2.36. The van der Waals surface area contributed by atoms with Gasteiger partial charge in [-0.05, 0) is 72.7 Å². The second-order valence-electron chi connectivity index (χ2n) is 9.60. The molecule has 7 heteroatoms. The second-order valence-corrected chi connectivity index (χ2v) is 12.5. The molecule has 0 saturated heterocycles. The third kappa shape index (κ3) is 4.59. The SMILES string of the molecule is Cc1ccc(C2c3ccsc3CCN2C(=O)CN(C(C)C)S(=O)(=O)c2ccc3ccccc3c2)cc1. The molecular weight excluding hydrogens is 488 g/mol. The van der Waals surface area contributed by atoms with Crippen molar-refractivity contribution in [3.05, 3.63) is 99.7 Å². The van der Waals surface area contributed by atoms with Gasteiger partial charge in [0.05, 0.1) is 17.5 Å². The van der Waals surface area contributed by atoms with Gasteiger partial charge in [-0.25, -0.2) is 8.42 Å². The number of benzene rings is 3. The number of sulfonamides is 1. The maximum Gasteiger partial charge on any atom is 0.243 e. The molecule has 5 nitrogen and oxygen atoms in total. The number of hydrogen-bond donors (Lipinski definition) is 0. The molecular formula is C29H30N2O3S2. The summed E-state index contributed by atoms with van der Waals surface area (Å²) in [7, 11) is -3.88. The van der Waals surface area contributed by atoms with Crippen LogP contribution in [0.3, 0.4) is 0 Å². The van der Waals surface area contributed by atoms with Crippen LogP contribution in [0.5, 0.6) is 0 Å². The van der Waals surface area contributed by atoms with Gasteiger partial charge < -0.3 is 4.90 Å². The highest BCUT2D eigenvalue weighted by Crippen LogP contribution is 2.38. The van der Waals surface area contributed by atoms with Crippen molar-refractivity contribution < 1.29 is 13.2 Å². The lowest BCUT2D eigenvalue weighted by atomic mass is 9.92. The Morgan fingerprint density at radius 1 is 1.03 bits per heavy atom. The number of carbonyl (C=O) groups excluding carboxylic acids is 1. The van der Waals surface area contributed by atoms with Crippen molar-refractivity contribution in [2.24, 2.45) is 0 Å². The third-order valence-electron chi connectivity index (χ3n) is 6.87. The zero-order valence-corrected chi connectivity index (χ0v) is 22.4. The number of amides is 1. The summed E-state index contributed by atoms with van der Waals surface area (Å²) < 4.78 is 28.8. The minimum atomic E-state index is -3.88. The molecule has 3 aromatic carbocycles. The van der Waals surface area contributed by atoms with Crippen LogP contribution in [0.25, 0.3) is 10.8 Å². The summed E-state index contributed by atoms with van der Waals surface area (Å²) in [4.78, 5) is 17.2. The molecule has 0 bridgehead atoms. The van der Waals surface area contributed by atoms with Gasteiger partial charge in [-0.3, -0.25) is 4.79 Å². The van der Waals surface area contributed by atoms with E-state index in [2.05, 4.69) is 35.7 Å². The van der Waals surface area contributed by atoms with Crippen LogP contribution < -0.4 is 0 Å². The van der Waals surface area contributed by atoms with Crippen LogP contribution in [0.2, 0.25) is 0 Å². The van der Waals surface area contributed by atoms with Crippen LogP contribution in [-0.4, -0.2) is 42.7 Å². The summed E-state index contributed by atoms with van der Waals surface area (Å²) in [6.07, 6.45) is 0.778. The van der Waals surface area contributed by atoms with Crippen LogP contribution >= 0.6 is 11.3 Å². The van der Waals surface area contributed by atoms with Crippen LogP contribution in [0.4, 0.5) is 0 Å². The van der Waals surface area contributed by atoms with Gasteiger partial charge in [0.15, 0.2) is 0 Å². The molecule has 0 N–H and O–H groups in total. The molecule has 0 fully saturated rings. The summed E-state index contributed by atoms with van der Waals surface area (Å²) in [5.74, 6) is -0.185. The molecule has 5 rings (SSSR count). The predicted molar refractivity (Wildman–Crippen MR) is 146 cm³/mol. The van der Waals surface area contributed by atoms with Gasteiger partial charge in [0, 0.05) is 17.5 Å². The molecule has 1 aliphatic rings. The van der Waals surface area contributed by atoms with Gasteiger partial charge in [-0.15, -0.1) is 11.3 Å². The van der Waals surface area contributed by atoms with Crippen molar-refractivity contribution in [1.29, 1.82) is 0 Å². The van der Waals surface area contributed by atoms with Crippen molar-refractivity contribution in [3.8, 4) is 0 Å². The van der Waals surface area contributed by atoms with Crippen LogP contribution in [-0.2, 0) is 21.2 Å². The number of rotatable bonds is 6. The van der Waals surface area contributed by atoms with Gasteiger partial charge in [0.25, 0.3) is 0 Å². The van der Waals surface area contributed by atoms with Crippen molar-refractivity contribution in [2.45, 2.75) is 44.2 Å². The molecule has 1 atom stereocenters. The number of aryl methyl sites for hydroxylation is 1. The summed E-state index contributed by atoms with van der Waals surface area (Å²) in [5, 5.41) is 3.91. The Morgan fingerprint density at radius 3 is 2.47 bits per heavy atom. The van der Waals surface area contributed by atoms with E-state index in [0.717, 1.165) is 33.9 Å². The first-order valence-electron chi connectivity index (χ1n) is 12.2. The Hall–Kier alpha value is -3.00. The summed E-state index contributed by atoms with van der Waals surface area (Å²) in [5.41, 5.74) is 3.34. The Morgan fingerprint density at radius 2 is 1.75 bits per heavy atom. The van der Waals surface area contributed by atoms with Gasteiger partial charge in [-0.2, -0.15) is 4.31 Å². The van der Waals surface area contributed by atoms with Gasteiger partial charge in [0.2, 0.25) is 15.9 Å². The van der Waals surface area contributed by atoms with Crippen molar-refractivity contribution >= 4 is 38.0 Å². The fourth-order valence-electron chi connectivity index (χ4n) is 4.93. The highest BCUT2D eigenvalue weighted by molar-refractivity contribution is 7.89. The van der Waals surface area contributed by atoms with E-state index < -0.39 is 10.0 Å². The zero-order valence-electron chi connectivity index (χ0n) is 20.7. The minimum absolute atomic E-state index is 0.185. The smallest absolute Gasteiger partial charge is 0.243 e. The predicted octanol–water partition coefficient (Wildman–Crippen LogP) is 5.78. The molecule has 1 aromatic heterocycles. The van der Waals surface area contributed by atoms with E-state index in [1.54, 1.807) is 23.5 Å². The van der Waals surface area contributed by atoms with E-state index in [-0.39, 0.29) is 29.4 Å². The summed E-state index contributed by atoms with van der Waals surface area (Å²) >= 11 is 1.72. The lowest BCUT2D eigenvalue weighted by Gasteiger charge is -2.38. The lowest BCUT2D eigenvalue weighted by molar-refractivity contribution is -0.133. The van der Waals surface area contributed by atoms with E-state index in [0.29, 0.717) is 6.54 Å². The first-order chi connectivity index (χ1) is 17.3. The monoisotopic (exact) mass is 518 g/mol. The van der Waals surface area contributed by atoms with Crippen molar-refractivity contribution in [3.63, 3.8) is 0 Å². The van der Waals surface area contributed by atoms with E-state index in [4.69, 9.17) is 0 Å². The molecule has 0 radical (unpaired) electrons. The average Bonchev–Trinajstić information content (AvgIpc) is 3.35. The van der Waals surface area contributed by atoms with Crippen LogP contribution in [0.15, 0.2) is 83.1 Å². The largest absolute Gasteiger partial charge is 0.330 e. The molecule has 0 saturated carbocycles. The number of nitrogens with zero attached hydrogens (tertiary/aromatic N) is 2. The van der Waals surface area contributed by atoms with E-state index >= 15 is 0 Å². The van der Waals surface area contributed by atoms with Gasteiger partial charge >= 0.3 is 0 Å². The normalized spacial score (nSPS) is 16.0. The van der Waals surface area contributed by atoms with Gasteiger partial charge in [0.1, 0.15) is 0 Å². The molecule has 4 aromatic rings. The molecule has 186 valence electrons. The van der Waals surface area contributed by atoms with E-state index in [1.807, 2.05) is 56.0 Å². The van der Waals surface area contributed by atoms with Crippen LogP contribution in [0.1, 0.15) is 41.5 Å². The van der Waals surface area contributed by atoms with Gasteiger partial charge in [-0.1, -0.05) is 60.2 Å². The first kappa shape index (κ1) is 24.7. The lowest BCUT2D eigenvalue weighted by Crippen LogP contribution is -2.48. The molecule has 0 spiro atoms. The number of hydrogen-bond acceptors (Lipinski definition) is 4. The number of fused-ring (bicyclic) bond motifs is 2. The Balaban J connectivity index is 1.47. The summed E-state index contributed by atoms with van der Waals surface area (Å²) in [6, 6.07) is 22.6. The molecule has 1 amide bonds. The quantitative estimate of drug-likeness (QED) is 0.325. The maximum atomic E-state index is 13.8. The molecule has 36 heavy (non-hydrogen) atoms. The van der Waals surface area contributed by atoms with Crippen LogP contribution in [0, 0.1) is 6.92 Å². The third-order valence-corrected chi connectivity index (χ3v) is 9.89. The minimum Gasteiger partial charge on any atom is -0.330 e. The number of carbonyl (C=O) groups is 1. The second kappa shape index (κ2) is 9.81. The molecule has 0 aliphatic carbocycles. The fourth-order valence-corrected chi connectivity index (χ4v) is 7.45. The zero-order chi connectivity index (χ0) is 25.4. The number of thiophene rings is 1.